The van der Waals surface area contributed by atoms with E-state index in [-0.39, 0.29) is 23.6 Å². The molecule has 1 N–H and O–H groups in total. The van der Waals surface area contributed by atoms with Crippen molar-refractivity contribution in [1.29, 1.82) is 0 Å². The van der Waals surface area contributed by atoms with Gasteiger partial charge in [0.1, 0.15) is 9.84 Å². The molecule has 0 aliphatic carbocycles. The zero-order valence-corrected chi connectivity index (χ0v) is 13.3. The summed E-state index contributed by atoms with van der Waals surface area (Å²) in [5.74, 6) is -1.27. The summed E-state index contributed by atoms with van der Waals surface area (Å²) in [5, 5.41) is 8.65. The lowest BCUT2D eigenvalue weighted by atomic mass is 10.2. The van der Waals surface area contributed by atoms with Crippen molar-refractivity contribution in [2.45, 2.75) is 11.3 Å². The van der Waals surface area contributed by atoms with E-state index in [1.807, 2.05) is 0 Å². The molecule has 0 aromatic heterocycles. The Kier molecular flexibility index (Phi) is 5.48. The van der Waals surface area contributed by atoms with Gasteiger partial charge < -0.3 is 5.11 Å². The summed E-state index contributed by atoms with van der Waals surface area (Å²) in [6.45, 7) is -0.141. The van der Waals surface area contributed by atoms with E-state index in [9.17, 15) is 21.6 Å². The Morgan fingerprint density at radius 1 is 1.14 bits per heavy atom. The number of sulfonamides is 1. The first-order chi connectivity index (χ1) is 9.52. The molecule has 0 atom stereocenters. The van der Waals surface area contributed by atoms with Gasteiger partial charge in [-0.1, -0.05) is 12.1 Å². The average Bonchev–Trinajstić information content (AvgIpc) is 2.34. The molecule has 0 fully saturated rings. The molecule has 0 saturated heterocycles. The fraction of sp³-hybridized carbons (Fsp3) is 0.417. The third-order valence-corrected chi connectivity index (χ3v) is 5.56. The molecule has 7 nitrogen and oxygen atoms in total. The molecule has 118 valence electrons. The first kappa shape index (κ1) is 17.6. The van der Waals surface area contributed by atoms with Crippen molar-refractivity contribution >= 4 is 25.8 Å². The Labute approximate surface area is 124 Å². The molecule has 1 rings (SSSR count). The Bertz CT molecular complexity index is 707. The van der Waals surface area contributed by atoms with E-state index in [1.54, 1.807) is 0 Å². The van der Waals surface area contributed by atoms with E-state index in [2.05, 4.69) is 0 Å². The number of hydrogen-bond donors (Lipinski definition) is 1. The lowest BCUT2D eigenvalue weighted by molar-refractivity contribution is -0.136. The molecular weight excluding hydrogens is 318 g/mol. The number of rotatable bonds is 7. The van der Waals surface area contributed by atoms with Crippen LogP contribution in [0.15, 0.2) is 29.2 Å². The van der Waals surface area contributed by atoms with E-state index < -0.39 is 25.8 Å². The van der Waals surface area contributed by atoms with Crippen LogP contribution in [0.5, 0.6) is 0 Å². The van der Waals surface area contributed by atoms with Gasteiger partial charge in [-0.25, -0.2) is 16.8 Å². The highest BCUT2D eigenvalue weighted by atomic mass is 32.2. The third-order valence-electron chi connectivity index (χ3n) is 2.76. The minimum atomic E-state index is -3.79. The predicted octanol–water partition coefficient (Wildman–Crippen LogP) is -0.0212. The molecule has 0 amide bonds. The second kappa shape index (κ2) is 6.54. The number of carbonyl (C=O) groups is 1. The zero-order valence-electron chi connectivity index (χ0n) is 11.7. The summed E-state index contributed by atoms with van der Waals surface area (Å²) in [6.07, 6.45) is 0.846. The van der Waals surface area contributed by atoms with Crippen LogP contribution in [0.25, 0.3) is 0 Å². The molecular formula is C12H17NO6S2. The summed E-state index contributed by atoms with van der Waals surface area (Å²) in [5.41, 5.74) is 0.486. The van der Waals surface area contributed by atoms with E-state index >= 15 is 0 Å². The number of carboxylic acids is 1. The monoisotopic (exact) mass is 335 g/mol. The van der Waals surface area contributed by atoms with Gasteiger partial charge in [-0.15, -0.1) is 0 Å². The van der Waals surface area contributed by atoms with Crippen molar-refractivity contribution in [3.05, 3.63) is 29.8 Å². The van der Waals surface area contributed by atoms with Crippen molar-refractivity contribution in [2.75, 3.05) is 25.6 Å². The molecule has 0 bridgehead atoms. The fourth-order valence-electron chi connectivity index (χ4n) is 1.55. The summed E-state index contributed by atoms with van der Waals surface area (Å²) >= 11 is 0. The predicted molar refractivity (Wildman–Crippen MR) is 77.3 cm³/mol. The lowest BCUT2D eigenvalue weighted by Crippen LogP contribution is -2.31. The second-order valence-corrected chi connectivity index (χ2v) is 8.98. The molecule has 0 radical (unpaired) electrons. The highest BCUT2D eigenvalue weighted by Crippen LogP contribution is 2.15. The summed E-state index contributed by atoms with van der Waals surface area (Å²) in [6, 6.07) is 5.46. The quantitative estimate of drug-likeness (QED) is 0.750. The first-order valence-electron chi connectivity index (χ1n) is 5.97. The van der Waals surface area contributed by atoms with Gasteiger partial charge in [0.2, 0.25) is 10.0 Å². The molecule has 0 heterocycles. The summed E-state index contributed by atoms with van der Waals surface area (Å²) in [4.78, 5) is 10.5. The van der Waals surface area contributed by atoms with E-state index in [0.717, 1.165) is 10.6 Å². The van der Waals surface area contributed by atoms with Crippen molar-refractivity contribution in [1.82, 2.24) is 4.31 Å². The van der Waals surface area contributed by atoms with Gasteiger partial charge in [0.05, 0.1) is 17.1 Å². The minimum Gasteiger partial charge on any atom is -0.481 e. The fourth-order valence-corrected chi connectivity index (χ4v) is 3.44. The van der Waals surface area contributed by atoms with Crippen LogP contribution in [-0.4, -0.2) is 57.8 Å². The van der Waals surface area contributed by atoms with Gasteiger partial charge in [-0.3, -0.25) is 4.79 Å². The molecule has 0 unspecified atom stereocenters. The summed E-state index contributed by atoms with van der Waals surface area (Å²) < 4.78 is 47.5. The van der Waals surface area contributed by atoms with Gasteiger partial charge >= 0.3 is 5.97 Å². The molecule has 1 aromatic carbocycles. The van der Waals surface area contributed by atoms with Gasteiger partial charge in [-0.2, -0.15) is 4.31 Å². The maximum atomic E-state index is 12.2. The lowest BCUT2D eigenvalue weighted by Gasteiger charge is -2.16. The Hall–Kier alpha value is -1.45. The molecule has 0 saturated carbocycles. The van der Waals surface area contributed by atoms with Crippen LogP contribution >= 0.6 is 0 Å². The van der Waals surface area contributed by atoms with Crippen molar-refractivity contribution in [3.8, 4) is 0 Å². The normalized spacial score (nSPS) is 12.5. The minimum absolute atomic E-state index is 0.00682. The highest BCUT2D eigenvalue weighted by molar-refractivity contribution is 7.91. The SMILES string of the molecule is CN(CCS(C)(=O)=O)S(=O)(=O)c1ccc(CC(=O)O)cc1. The number of hydrogen-bond acceptors (Lipinski definition) is 5. The van der Waals surface area contributed by atoms with Crippen LogP contribution in [0.3, 0.4) is 0 Å². The number of nitrogens with zero attached hydrogens (tertiary/aromatic N) is 1. The first-order valence-corrected chi connectivity index (χ1v) is 9.47. The maximum Gasteiger partial charge on any atom is 0.307 e. The Morgan fingerprint density at radius 3 is 2.10 bits per heavy atom. The number of aliphatic carboxylic acids is 1. The van der Waals surface area contributed by atoms with Crippen molar-refractivity contribution in [2.24, 2.45) is 0 Å². The number of sulfone groups is 1. The molecule has 0 aliphatic heterocycles. The number of carboxylic acid groups (broad SMARTS) is 1. The van der Waals surface area contributed by atoms with Gasteiger partial charge in [0.15, 0.2) is 0 Å². The highest BCUT2D eigenvalue weighted by Gasteiger charge is 2.21. The molecule has 0 aliphatic rings. The summed E-state index contributed by atoms with van der Waals surface area (Å²) in [7, 11) is -5.74. The Balaban J connectivity index is 2.89. The smallest absolute Gasteiger partial charge is 0.307 e. The molecule has 9 heteroatoms. The van der Waals surface area contributed by atoms with Crippen LogP contribution in [0, 0.1) is 0 Å². The maximum absolute atomic E-state index is 12.2. The van der Waals surface area contributed by atoms with E-state index in [4.69, 9.17) is 5.11 Å². The van der Waals surface area contributed by atoms with Gasteiger partial charge in [0, 0.05) is 19.8 Å². The van der Waals surface area contributed by atoms with Gasteiger partial charge in [0.25, 0.3) is 0 Å². The van der Waals surface area contributed by atoms with Crippen LogP contribution in [0.1, 0.15) is 5.56 Å². The molecule has 21 heavy (non-hydrogen) atoms. The Morgan fingerprint density at radius 2 is 1.67 bits per heavy atom. The van der Waals surface area contributed by atoms with Crippen LogP contribution < -0.4 is 0 Å². The second-order valence-electron chi connectivity index (χ2n) is 4.67. The number of benzene rings is 1. The zero-order chi connectivity index (χ0) is 16.3. The van der Waals surface area contributed by atoms with Crippen LogP contribution in [0.4, 0.5) is 0 Å². The topological polar surface area (TPSA) is 109 Å². The van der Waals surface area contributed by atoms with Crippen molar-refractivity contribution in [3.63, 3.8) is 0 Å². The van der Waals surface area contributed by atoms with Crippen LogP contribution in [-0.2, 0) is 31.1 Å². The van der Waals surface area contributed by atoms with E-state index in [0.29, 0.717) is 5.56 Å². The van der Waals surface area contributed by atoms with Crippen molar-refractivity contribution < 1.29 is 26.7 Å². The standard InChI is InChI=1S/C12H17NO6S2/c1-13(7-8-20(2,16)17)21(18,19)11-5-3-10(4-6-11)9-12(14)15/h3-6H,7-9H2,1-2H3,(H,14,15). The molecule has 0 spiro atoms. The van der Waals surface area contributed by atoms with Gasteiger partial charge in [-0.05, 0) is 17.7 Å². The molecule has 1 aromatic rings. The average molecular weight is 335 g/mol. The van der Waals surface area contributed by atoms with Crippen LogP contribution in [0.2, 0.25) is 0 Å². The van der Waals surface area contributed by atoms with E-state index in [1.165, 1.54) is 31.3 Å². The third kappa shape index (κ3) is 5.44. The largest absolute Gasteiger partial charge is 0.481 e.